The highest BCUT2D eigenvalue weighted by molar-refractivity contribution is 8.00. The summed E-state index contributed by atoms with van der Waals surface area (Å²) in [6.07, 6.45) is 0. The normalized spacial score (nSPS) is 33.2. The van der Waals surface area contributed by atoms with Gasteiger partial charge in [0.25, 0.3) is 0 Å². The van der Waals surface area contributed by atoms with E-state index in [1.807, 2.05) is 16.7 Å². The standard InChI is InChI=1S/C14H28N4OS/c1-11-8-18(9-12(2)20-11)14(19)15-7-13-10-16(3)5-6-17(13)4/h11-13H,5-10H2,1-4H3,(H,15,19)/t11-,12-,13-/m1/s1. The van der Waals surface area contributed by atoms with E-state index >= 15 is 0 Å². The molecule has 116 valence electrons. The van der Waals surface area contributed by atoms with Crippen LogP contribution in [0.5, 0.6) is 0 Å². The van der Waals surface area contributed by atoms with Crippen molar-refractivity contribution in [3.63, 3.8) is 0 Å². The van der Waals surface area contributed by atoms with Crippen LogP contribution in [-0.4, -0.2) is 90.6 Å². The molecule has 3 atom stereocenters. The van der Waals surface area contributed by atoms with Crippen LogP contribution in [0.1, 0.15) is 13.8 Å². The number of rotatable bonds is 2. The van der Waals surface area contributed by atoms with Crippen molar-refractivity contribution in [3.05, 3.63) is 0 Å². The minimum absolute atomic E-state index is 0.102. The van der Waals surface area contributed by atoms with Gasteiger partial charge in [-0.1, -0.05) is 13.8 Å². The summed E-state index contributed by atoms with van der Waals surface area (Å²) in [4.78, 5) is 18.9. The number of nitrogens with zero attached hydrogens (tertiary/aromatic N) is 3. The van der Waals surface area contributed by atoms with Crippen LogP contribution in [-0.2, 0) is 0 Å². The molecule has 2 heterocycles. The first-order valence-electron chi connectivity index (χ1n) is 7.52. The van der Waals surface area contributed by atoms with Gasteiger partial charge in [-0.05, 0) is 14.1 Å². The molecule has 2 aliphatic heterocycles. The number of likely N-dealkylation sites (N-methyl/N-ethyl adjacent to an activating group) is 2. The number of carbonyl (C=O) groups excluding carboxylic acids is 1. The number of hydrogen-bond donors (Lipinski definition) is 1. The molecule has 2 saturated heterocycles. The van der Waals surface area contributed by atoms with E-state index in [1.54, 1.807) is 0 Å². The van der Waals surface area contributed by atoms with E-state index in [-0.39, 0.29) is 6.03 Å². The summed E-state index contributed by atoms with van der Waals surface area (Å²) in [5.41, 5.74) is 0. The second kappa shape index (κ2) is 7.00. The van der Waals surface area contributed by atoms with Crippen LogP contribution in [0.25, 0.3) is 0 Å². The van der Waals surface area contributed by atoms with Gasteiger partial charge in [0.2, 0.25) is 0 Å². The summed E-state index contributed by atoms with van der Waals surface area (Å²) >= 11 is 1.97. The van der Waals surface area contributed by atoms with Gasteiger partial charge in [-0.25, -0.2) is 4.79 Å². The summed E-state index contributed by atoms with van der Waals surface area (Å²) in [6.45, 7) is 10.1. The summed E-state index contributed by atoms with van der Waals surface area (Å²) in [5, 5.41) is 4.19. The van der Waals surface area contributed by atoms with Crippen molar-refractivity contribution in [2.45, 2.75) is 30.4 Å². The zero-order chi connectivity index (χ0) is 14.7. The molecule has 0 aliphatic carbocycles. The maximum atomic E-state index is 12.3. The lowest BCUT2D eigenvalue weighted by Gasteiger charge is -2.39. The fraction of sp³-hybridized carbons (Fsp3) is 0.929. The average molecular weight is 300 g/mol. The van der Waals surface area contributed by atoms with Gasteiger partial charge in [0, 0.05) is 55.8 Å². The minimum Gasteiger partial charge on any atom is -0.336 e. The molecular formula is C14H28N4OS. The van der Waals surface area contributed by atoms with Crippen LogP contribution in [0.2, 0.25) is 0 Å². The third-order valence-corrected chi connectivity index (χ3v) is 5.40. The van der Waals surface area contributed by atoms with Crippen LogP contribution in [0.3, 0.4) is 0 Å². The molecule has 0 aromatic carbocycles. The van der Waals surface area contributed by atoms with Gasteiger partial charge in [-0.15, -0.1) is 0 Å². The maximum absolute atomic E-state index is 12.3. The van der Waals surface area contributed by atoms with Crippen molar-refractivity contribution in [1.29, 1.82) is 0 Å². The SMILES string of the molecule is C[C@@H]1CN(C(=O)NC[C@@H]2CN(C)CCN2C)C[C@@H](C)S1. The molecule has 2 fully saturated rings. The predicted molar refractivity (Wildman–Crippen MR) is 85.4 cm³/mol. The van der Waals surface area contributed by atoms with Gasteiger partial charge in [0.15, 0.2) is 0 Å². The number of piperazine rings is 1. The summed E-state index contributed by atoms with van der Waals surface area (Å²) in [6, 6.07) is 0.525. The van der Waals surface area contributed by atoms with Gasteiger partial charge in [-0.3, -0.25) is 4.90 Å². The molecular weight excluding hydrogens is 272 g/mol. The van der Waals surface area contributed by atoms with Gasteiger partial charge in [-0.2, -0.15) is 11.8 Å². The van der Waals surface area contributed by atoms with Crippen LogP contribution in [0.15, 0.2) is 0 Å². The Morgan fingerprint density at radius 3 is 2.45 bits per heavy atom. The van der Waals surface area contributed by atoms with E-state index in [0.717, 1.165) is 39.3 Å². The number of urea groups is 1. The van der Waals surface area contributed by atoms with E-state index < -0.39 is 0 Å². The Labute approximate surface area is 127 Å². The molecule has 0 spiro atoms. The Hall–Kier alpha value is -0.460. The Morgan fingerprint density at radius 2 is 1.80 bits per heavy atom. The highest BCUT2D eigenvalue weighted by Gasteiger charge is 2.27. The Morgan fingerprint density at radius 1 is 1.15 bits per heavy atom. The molecule has 0 saturated carbocycles. The second-order valence-electron chi connectivity index (χ2n) is 6.25. The first-order valence-corrected chi connectivity index (χ1v) is 8.47. The zero-order valence-corrected chi connectivity index (χ0v) is 13.9. The van der Waals surface area contributed by atoms with Crippen molar-refractivity contribution >= 4 is 17.8 Å². The van der Waals surface area contributed by atoms with Crippen molar-refractivity contribution in [1.82, 2.24) is 20.0 Å². The third-order valence-electron chi connectivity index (χ3n) is 4.18. The predicted octanol–water partition coefficient (Wildman–Crippen LogP) is 0.768. The molecule has 0 aromatic rings. The van der Waals surface area contributed by atoms with Crippen molar-refractivity contribution in [2.75, 3.05) is 53.4 Å². The zero-order valence-electron chi connectivity index (χ0n) is 13.1. The molecule has 0 bridgehead atoms. The molecule has 1 N–H and O–H groups in total. The topological polar surface area (TPSA) is 38.8 Å². The second-order valence-corrected chi connectivity index (χ2v) is 8.13. The maximum Gasteiger partial charge on any atom is 0.317 e. The average Bonchev–Trinajstić information content (AvgIpc) is 2.38. The molecule has 0 aromatic heterocycles. The molecule has 6 heteroatoms. The lowest BCUT2D eigenvalue weighted by Crippen LogP contribution is -2.56. The molecule has 5 nitrogen and oxygen atoms in total. The quantitative estimate of drug-likeness (QED) is 0.817. The number of hydrogen-bond acceptors (Lipinski definition) is 4. The van der Waals surface area contributed by atoms with E-state index in [0.29, 0.717) is 16.5 Å². The molecule has 2 aliphatic rings. The van der Waals surface area contributed by atoms with Crippen LogP contribution >= 0.6 is 11.8 Å². The minimum atomic E-state index is 0.102. The third kappa shape index (κ3) is 4.27. The summed E-state index contributed by atoms with van der Waals surface area (Å²) in [7, 11) is 4.29. The van der Waals surface area contributed by atoms with Gasteiger partial charge in [0.1, 0.15) is 0 Å². The molecule has 2 rings (SSSR count). The smallest absolute Gasteiger partial charge is 0.317 e. The fourth-order valence-electron chi connectivity index (χ4n) is 2.98. The number of amides is 2. The highest BCUT2D eigenvalue weighted by Crippen LogP contribution is 2.24. The van der Waals surface area contributed by atoms with Gasteiger partial charge in [0.05, 0.1) is 0 Å². The summed E-state index contributed by atoms with van der Waals surface area (Å²) < 4.78 is 0. The lowest BCUT2D eigenvalue weighted by molar-refractivity contribution is 0.112. The van der Waals surface area contributed by atoms with Crippen LogP contribution in [0.4, 0.5) is 4.79 Å². The van der Waals surface area contributed by atoms with Crippen LogP contribution < -0.4 is 5.32 Å². The van der Waals surface area contributed by atoms with Crippen molar-refractivity contribution in [2.24, 2.45) is 0 Å². The summed E-state index contributed by atoms with van der Waals surface area (Å²) in [5.74, 6) is 0. The number of nitrogens with one attached hydrogen (secondary N) is 1. The largest absolute Gasteiger partial charge is 0.336 e. The van der Waals surface area contributed by atoms with Gasteiger partial charge >= 0.3 is 6.03 Å². The van der Waals surface area contributed by atoms with Gasteiger partial charge < -0.3 is 15.1 Å². The van der Waals surface area contributed by atoms with E-state index in [2.05, 4.69) is 43.1 Å². The molecule has 20 heavy (non-hydrogen) atoms. The molecule has 2 amide bonds. The molecule has 0 unspecified atom stereocenters. The Bertz CT molecular complexity index is 331. The highest BCUT2D eigenvalue weighted by atomic mass is 32.2. The van der Waals surface area contributed by atoms with Crippen molar-refractivity contribution in [3.8, 4) is 0 Å². The fourth-order valence-corrected chi connectivity index (χ4v) is 4.31. The first kappa shape index (κ1) is 15.9. The van der Waals surface area contributed by atoms with E-state index in [1.165, 1.54) is 0 Å². The Kier molecular flexibility index (Phi) is 5.57. The number of carbonyl (C=O) groups is 1. The van der Waals surface area contributed by atoms with Crippen molar-refractivity contribution < 1.29 is 4.79 Å². The molecule has 0 radical (unpaired) electrons. The van der Waals surface area contributed by atoms with Crippen LogP contribution in [0, 0.1) is 0 Å². The Balaban J connectivity index is 1.79. The first-order chi connectivity index (χ1) is 9.45. The number of thioether (sulfide) groups is 1. The van der Waals surface area contributed by atoms with E-state index in [9.17, 15) is 4.79 Å². The lowest BCUT2D eigenvalue weighted by atomic mass is 10.2. The monoisotopic (exact) mass is 300 g/mol. The van der Waals surface area contributed by atoms with E-state index in [4.69, 9.17) is 0 Å².